The fourth-order valence-electron chi connectivity index (χ4n) is 2.49. The van der Waals surface area contributed by atoms with Crippen molar-refractivity contribution in [3.05, 3.63) is 34.1 Å². The van der Waals surface area contributed by atoms with Crippen molar-refractivity contribution in [2.75, 3.05) is 6.54 Å². The fraction of sp³-hybridized carbons (Fsp3) is 0.429. The molecule has 1 atom stereocenters. The molecule has 20 heavy (non-hydrogen) atoms. The van der Waals surface area contributed by atoms with Crippen molar-refractivity contribution in [1.82, 2.24) is 10.2 Å². The molecule has 0 aromatic heterocycles. The molecule has 1 unspecified atom stereocenters. The lowest BCUT2D eigenvalue weighted by molar-refractivity contribution is -0.145. The van der Waals surface area contributed by atoms with Gasteiger partial charge in [-0.3, -0.25) is 9.59 Å². The monoisotopic (exact) mass is 340 g/mol. The molecule has 1 aliphatic carbocycles. The van der Waals surface area contributed by atoms with Crippen molar-refractivity contribution in [2.24, 2.45) is 5.92 Å². The van der Waals surface area contributed by atoms with Gasteiger partial charge in [0, 0.05) is 6.54 Å². The van der Waals surface area contributed by atoms with Gasteiger partial charge in [0.2, 0.25) is 11.8 Å². The zero-order chi connectivity index (χ0) is 14.3. The Labute approximate surface area is 124 Å². The lowest BCUT2D eigenvalue weighted by Crippen LogP contribution is -2.58. The van der Waals surface area contributed by atoms with Crippen LogP contribution >= 0.6 is 15.9 Å². The van der Waals surface area contributed by atoms with Crippen molar-refractivity contribution < 1.29 is 14.0 Å². The average Bonchev–Trinajstić information content (AvgIpc) is 3.23. The van der Waals surface area contributed by atoms with Crippen LogP contribution in [0.1, 0.15) is 18.4 Å². The zero-order valence-electron chi connectivity index (χ0n) is 10.7. The lowest BCUT2D eigenvalue weighted by Gasteiger charge is -2.32. The molecule has 0 bridgehead atoms. The van der Waals surface area contributed by atoms with Crippen LogP contribution in [0.5, 0.6) is 0 Å². The molecule has 1 aliphatic heterocycles. The normalized spacial score (nSPS) is 22.9. The Bertz CT molecular complexity index is 574. The van der Waals surface area contributed by atoms with Gasteiger partial charge in [-0.25, -0.2) is 4.39 Å². The molecular formula is C14H14BrFN2O2. The summed E-state index contributed by atoms with van der Waals surface area (Å²) in [6, 6.07) is 4.30. The Morgan fingerprint density at radius 1 is 1.35 bits per heavy atom. The highest BCUT2D eigenvalue weighted by molar-refractivity contribution is 9.10. The predicted molar refractivity (Wildman–Crippen MR) is 74.2 cm³/mol. The molecule has 106 valence electrons. The number of nitrogens with zero attached hydrogens (tertiary/aromatic N) is 1. The van der Waals surface area contributed by atoms with Gasteiger partial charge in [-0.2, -0.15) is 0 Å². The van der Waals surface area contributed by atoms with E-state index in [1.165, 1.54) is 11.0 Å². The van der Waals surface area contributed by atoms with Crippen LogP contribution in [0.3, 0.4) is 0 Å². The maximum atomic E-state index is 13.5. The first-order valence-corrected chi connectivity index (χ1v) is 7.36. The third kappa shape index (κ3) is 2.57. The lowest BCUT2D eigenvalue weighted by atomic mass is 10.1. The van der Waals surface area contributed by atoms with Crippen LogP contribution in [0, 0.1) is 11.7 Å². The van der Waals surface area contributed by atoms with E-state index in [4.69, 9.17) is 0 Å². The van der Waals surface area contributed by atoms with Gasteiger partial charge in [0.15, 0.2) is 0 Å². The van der Waals surface area contributed by atoms with Crippen molar-refractivity contribution in [3.63, 3.8) is 0 Å². The van der Waals surface area contributed by atoms with Crippen LogP contribution in [0.25, 0.3) is 0 Å². The van der Waals surface area contributed by atoms with Gasteiger partial charge in [0.25, 0.3) is 0 Å². The quantitative estimate of drug-likeness (QED) is 0.912. The molecule has 0 spiro atoms. The van der Waals surface area contributed by atoms with Crippen molar-refractivity contribution in [2.45, 2.75) is 25.4 Å². The second-order valence-corrected chi connectivity index (χ2v) is 6.08. The molecular weight excluding hydrogens is 327 g/mol. The molecule has 3 rings (SSSR count). The Morgan fingerprint density at radius 2 is 2.10 bits per heavy atom. The molecule has 1 aromatic rings. The van der Waals surface area contributed by atoms with E-state index in [2.05, 4.69) is 21.2 Å². The van der Waals surface area contributed by atoms with Crippen molar-refractivity contribution in [3.8, 4) is 0 Å². The molecule has 2 aliphatic rings. The summed E-state index contributed by atoms with van der Waals surface area (Å²) in [5.41, 5.74) is 0.669. The van der Waals surface area contributed by atoms with Gasteiger partial charge in [0.1, 0.15) is 11.9 Å². The number of nitrogens with one attached hydrogen (secondary N) is 1. The molecule has 2 amide bonds. The molecule has 0 radical (unpaired) electrons. The first kappa shape index (κ1) is 13.5. The number of halogens is 2. The summed E-state index contributed by atoms with van der Waals surface area (Å²) in [5.74, 6) is -0.308. The molecule has 4 nitrogen and oxygen atoms in total. The minimum Gasteiger partial charge on any atom is -0.342 e. The maximum Gasteiger partial charge on any atom is 0.246 e. The van der Waals surface area contributed by atoms with E-state index >= 15 is 0 Å². The van der Waals surface area contributed by atoms with E-state index in [1.807, 2.05) is 0 Å². The summed E-state index contributed by atoms with van der Waals surface area (Å²) in [6.07, 6.45) is 1.96. The van der Waals surface area contributed by atoms with E-state index < -0.39 is 6.04 Å². The summed E-state index contributed by atoms with van der Waals surface area (Å²) in [5, 5.41) is 2.75. The smallest absolute Gasteiger partial charge is 0.246 e. The number of carbonyl (C=O) groups is 2. The molecule has 2 fully saturated rings. The number of hydrogen-bond acceptors (Lipinski definition) is 2. The minimum atomic E-state index is -0.399. The highest BCUT2D eigenvalue weighted by Gasteiger charge is 2.42. The van der Waals surface area contributed by atoms with Crippen LogP contribution in [-0.2, 0) is 16.1 Å². The molecule has 1 saturated carbocycles. The fourth-order valence-corrected chi connectivity index (χ4v) is 2.88. The summed E-state index contributed by atoms with van der Waals surface area (Å²) in [6.45, 7) is 0.277. The maximum absolute atomic E-state index is 13.5. The van der Waals surface area contributed by atoms with E-state index in [1.54, 1.807) is 12.1 Å². The third-order valence-electron chi connectivity index (χ3n) is 3.71. The number of rotatable bonds is 3. The minimum absolute atomic E-state index is 0.0327. The van der Waals surface area contributed by atoms with E-state index in [0.717, 1.165) is 12.8 Å². The van der Waals surface area contributed by atoms with Crippen molar-refractivity contribution >= 4 is 27.7 Å². The van der Waals surface area contributed by atoms with Crippen LogP contribution in [0.4, 0.5) is 4.39 Å². The van der Waals surface area contributed by atoms with E-state index in [0.29, 0.717) is 10.0 Å². The third-order valence-corrected chi connectivity index (χ3v) is 4.60. The summed E-state index contributed by atoms with van der Waals surface area (Å²) >= 11 is 3.18. The number of carbonyl (C=O) groups excluding carboxylic acids is 2. The zero-order valence-corrected chi connectivity index (χ0v) is 12.3. The van der Waals surface area contributed by atoms with Crippen molar-refractivity contribution in [1.29, 1.82) is 0 Å². The topological polar surface area (TPSA) is 49.4 Å². The second-order valence-electron chi connectivity index (χ2n) is 5.29. The highest BCUT2D eigenvalue weighted by Crippen LogP contribution is 2.34. The van der Waals surface area contributed by atoms with E-state index in [-0.39, 0.29) is 36.6 Å². The Kier molecular flexibility index (Phi) is 3.50. The highest BCUT2D eigenvalue weighted by atomic mass is 79.9. The predicted octanol–water partition coefficient (Wildman–Crippen LogP) is 1.83. The Balaban J connectivity index is 1.80. The molecule has 1 aromatic carbocycles. The largest absolute Gasteiger partial charge is 0.342 e. The number of amides is 2. The van der Waals surface area contributed by atoms with E-state index in [9.17, 15) is 14.0 Å². The van der Waals surface area contributed by atoms with Gasteiger partial charge in [-0.1, -0.05) is 12.1 Å². The Hall–Kier alpha value is -1.43. The number of benzene rings is 1. The molecule has 1 saturated heterocycles. The molecule has 1 N–H and O–H groups in total. The van der Waals surface area contributed by atoms with Gasteiger partial charge in [0.05, 0.1) is 11.0 Å². The van der Waals surface area contributed by atoms with Crippen LogP contribution in [-0.4, -0.2) is 29.3 Å². The Morgan fingerprint density at radius 3 is 2.80 bits per heavy atom. The first-order valence-electron chi connectivity index (χ1n) is 6.57. The van der Waals surface area contributed by atoms with Gasteiger partial charge < -0.3 is 10.2 Å². The summed E-state index contributed by atoms with van der Waals surface area (Å²) in [4.78, 5) is 25.6. The molecule has 6 heteroatoms. The van der Waals surface area contributed by atoms with Crippen LogP contribution in [0.15, 0.2) is 22.7 Å². The van der Waals surface area contributed by atoms with Crippen LogP contribution < -0.4 is 5.32 Å². The SMILES string of the molecule is O=C1CN(Cc2cccc(F)c2Br)C(=O)C(C2CC2)N1. The number of hydrogen-bond donors (Lipinski definition) is 1. The standard InChI is InChI=1S/C14H14BrFN2O2/c15-12-9(2-1-3-10(12)16)6-18-7-11(19)17-13(14(18)20)8-4-5-8/h1-3,8,13H,4-7H2,(H,17,19). The molecule has 1 heterocycles. The van der Waals surface area contributed by atoms with Gasteiger partial charge in [-0.05, 0) is 46.3 Å². The summed E-state index contributed by atoms with van der Waals surface area (Å²) < 4.78 is 13.8. The second kappa shape index (κ2) is 5.16. The van der Waals surface area contributed by atoms with Gasteiger partial charge in [-0.15, -0.1) is 0 Å². The van der Waals surface area contributed by atoms with Gasteiger partial charge >= 0.3 is 0 Å². The van der Waals surface area contributed by atoms with Crippen LogP contribution in [0.2, 0.25) is 0 Å². The average molecular weight is 341 g/mol. The summed E-state index contributed by atoms with van der Waals surface area (Å²) in [7, 11) is 0. The number of piperazine rings is 1. The first-order chi connectivity index (χ1) is 9.56.